The molecule has 0 aliphatic heterocycles. The van der Waals surface area contributed by atoms with Gasteiger partial charge in [0.15, 0.2) is 0 Å². The number of aliphatic hydroxyl groups excluding tert-OH is 1. The summed E-state index contributed by atoms with van der Waals surface area (Å²) < 4.78 is 1.79. The van der Waals surface area contributed by atoms with Gasteiger partial charge in [-0.25, -0.2) is 0 Å². The first-order valence-corrected chi connectivity index (χ1v) is 4.82. The van der Waals surface area contributed by atoms with Gasteiger partial charge in [-0.1, -0.05) is 13.8 Å². The van der Waals surface area contributed by atoms with Crippen molar-refractivity contribution in [1.29, 1.82) is 0 Å². The first-order chi connectivity index (χ1) is 6.53. The number of nitrogens with one attached hydrogen (secondary N) is 1. The van der Waals surface area contributed by atoms with Crippen molar-refractivity contribution in [3.63, 3.8) is 0 Å². The fraction of sp³-hybridized carbons (Fsp3) is 0.700. The third kappa shape index (κ3) is 3.47. The second kappa shape index (κ2) is 4.57. The van der Waals surface area contributed by atoms with E-state index in [1.165, 1.54) is 5.56 Å². The number of hydrogen-bond acceptors (Lipinski definition) is 3. The molecule has 0 saturated carbocycles. The SMILES string of the molecule is Cn1cc(CNCC(C)(C)CO)cn1. The first kappa shape index (κ1) is 11.2. The fourth-order valence-electron chi connectivity index (χ4n) is 1.16. The second-order valence-corrected chi connectivity index (χ2v) is 4.45. The Labute approximate surface area is 84.9 Å². The number of aliphatic hydroxyl groups is 1. The topological polar surface area (TPSA) is 50.1 Å². The normalized spacial score (nSPS) is 12.0. The third-order valence-corrected chi connectivity index (χ3v) is 2.12. The van der Waals surface area contributed by atoms with Crippen LogP contribution in [-0.4, -0.2) is 28.0 Å². The molecular weight excluding hydrogens is 178 g/mol. The smallest absolute Gasteiger partial charge is 0.0534 e. The van der Waals surface area contributed by atoms with Crippen molar-refractivity contribution in [2.45, 2.75) is 20.4 Å². The average molecular weight is 197 g/mol. The molecule has 0 atom stereocenters. The summed E-state index contributed by atoms with van der Waals surface area (Å²) in [5, 5.41) is 16.4. The molecule has 0 saturated heterocycles. The van der Waals surface area contributed by atoms with Gasteiger partial charge >= 0.3 is 0 Å². The maximum absolute atomic E-state index is 9.04. The highest BCUT2D eigenvalue weighted by Gasteiger charge is 2.15. The van der Waals surface area contributed by atoms with Crippen molar-refractivity contribution in [2.75, 3.05) is 13.2 Å². The molecule has 0 amide bonds. The highest BCUT2D eigenvalue weighted by Crippen LogP contribution is 2.11. The van der Waals surface area contributed by atoms with Crippen LogP contribution < -0.4 is 5.32 Å². The minimum absolute atomic E-state index is 0.0534. The largest absolute Gasteiger partial charge is 0.396 e. The van der Waals surface area contributed by atoms with E-state index in [1.807, 2.05) is 33.3 Å². The lowest BCUT2D eigenvalue weighted by Crippen LogP contribution is -2.31. The highest BCUT2D eigenvalue weighted by molar-refractivity contribution is 5.02. The lowest BCUT2D eigenvalue weighted by Gasteiger charge is -2.21. The highest BCUT2D eigenvalue weighted by atomic mass is 16.3. The summed E-state index contributed by atoms with van der Waals surface area (Å²) >= 11 is 0. The van der Waals surface area contributed by atoms with Gasteiger partial charge < -0.3 is 10.4 Å². The molecule has 0 radical (unpaired) electrons. The average Bonchev–Trinajstić information content (AvgIpc) is 2.51. The van der Waals surface area contributed by atoms with Crippen LogP contribution in [0.15, 0.2) is 12.4 Å². The molecule has 0 aromatic carbocycles. The van der Waals surface area contributed by atoms with Gasteiger partial charge in [-0.15, -0.1) is 0 Å². The molecule has 1 heterocycles. The number of aryl methyl sites for hydroxylation is 1. The van der Waals surface area contributed by atoms with E-state index >= 15 is 0 Å². The molecule has 1 aromatic heterocycles. The van der Waals surface area contributed by atoms with E-state index in [0.717, 1.165) is 13.1 Å². The summed E-state index contributed by atoms with van der Waals surface area (Å²) in [6, 6.07) is 0. The van der Waals surface area contributed by atoms with E-state index < -0.39 is 0 Å². The zero-order valence-electron chi connectivity index (χ0n) is 9.12. The molecular formula is C10H19N3O. The monoisotopic (exact) mass is 197 g/mol. The molecule has 14 heavy (non-hydrogen) atoms. The van der Waals surface area contributed by atoms with Crippen molar-refractivity contribution in [2.24, 2.45) is 12.5 Å². The van der Waals surface area contributed by atoms with E-state index in [2.05, 4.69) is 10.4 Å². The Morgan fingerprint density at radius 2 is 2.29 bits per heavy atom. The summed E-state index contributed by atoms with van der Waals surface area (Å²) in [5.74, 6) is 0. The number of nitrogens with zero attached hydrogens (tertiary/aromatic N) is 2. The predicted octanol–water partition coefficient (Wildman–Crippen LogP) is 0.528. The van der Waals surface area contributed by atoms with E-state index in [0.29, 0.717) is 0 Å². The van der Waals surface area contributed by atoms with Crippen LogP contribution in [0, 0.1) is 5.41 Å². The van der Waals surface area contributed by atoms with Crippen LogP contribution in [0.1, 0.15) is 19.4 Å². The molecule has 2 N–H and O–H groups in total. The van der Waals surface area contributed by atoms with Crippen LogP contribution in [-0.2, 0) is 13.6 Å². The molecule has 0 bridgehead atoms. The molecule has 4 nitrogen and oxygen atoms in total. The van der Waals surface area contributed by atoms with Crippen LogP contribution in [0.4, 0.5) is 0 Å². The van der Waals surface area contributed by atoms with Gasteiger partial charge in [0.05, 0.1) is 6.20 Å². The Kier molecular flexibility index (Phi) is 3.66. The van der Waals surface area contributed by atoms with Crippen LogP contribution in [0.25, 0.3) is 0 Å². The van der Waals surface area contributed by atoms with Gasteiger partial charge in [0.2, 0.25) is 0 Å². The number of rotatable bonds is 5. The van der Waals surface area contributed by atoms with Crippen molar-refractivity contribution >= 4 is 0 Å². The van der Waals surface area contributed by atoms with Crippen LogP contribution >= 0.6 is 0 Å². The second-order valence-electron chi connectivity index (χ2n) is 4.45. The van der Waals surface area contributed by atoms with Gasteiger partial charge in [0.25, 0.3) is 0 Å². The number of hydrogen-bond donors (Lipinski definition) is 2. The van der Waals surface area contributed by atoms with Crippen LogP contribution in [0.3, 0.4) is 0 Å². The molecule has 0 unspecified atom stereocenters. The van der Waals surface area contributed by atoms with Gasteiger partial charge in [-0.3, -0.25) is 4.68 Å². The molecule has 4 heteroatoms. The van der Waals surface area contributed by atoms with E-state index in [1.54, 1.807) is 4.68 Å². The van der Waals surface area contributed by atoms with Gasteiger partial charge in [-0.2, -0.15) is 5.10 Å². The molecule has 0 spiro atoms. The summed E-state index contributed by atoms with van der Waals surface area (Å²) in [5.41, 5.74) is 1.11. The van der Waals surface area contributed by atoms with E-state index in [-0.39, 0.29) is 12.0 Å². The Bertz CT molecular complexity index is 281. The van der Waals surface area contributed by atoms with Crippen molar-refractivity contribution < 1.29 is 5.11 Å². The Morgan fingerprint density at radius 3 is 2.79 bits per heavy atom. The molecule has 0 fully saturated rings. The van der Waals surface area contributed by atoms with Crippen molar-refractivity contribution in [1.82, 2.24) is 15.1 Å². The fourth-order valence-corrected chi connectivity index (χ4v) is 1.16. The first-order valence-electron chi connectivity index (χ1n) is 4.82. The molecule has 0 aliphatic carbocycles. The summed E-state index contributed by atoms with van der Waals surface area (Å²) in [4.78, 5) is 0. The zero-order chi connectivity index (χ0) is 10.6. The Hall–Kier alpha value is -0.870. The van der Waals surface area contributed by atoms with Gasteiger partial charge in [-0.05, 0) is 0 Å². The van der Waals surface area contributed by atoms with Crippen molar-refractivity contribution in [3.05, 3.63) is 18.0 Å². The Morgan fingerprint density at radius 1 is 1.57 bits per heavy atom. The summed E-state index contributed by atoms with van der Waals surface area (Å²) in [6.45, 7) is 5.87. The minimum Gasteiger partial charge on any atom is -0.396 e. The zero-order valence-corrected chi connectivity index (χ0v) is 9.12. The van der Waals surface area contributed by atoms with E-state index in [9.17, 15) is 0 Å². The van der Waals surface area contributed by atoms with E-state index in [4.69, 9.17) is 5.11 Å². The maximum atomic E-state index is 9.04. The summed E-state index contributed by atoms with van der Waals surface area (Å²) in [6.07, 6.45) is 3.83. The molecule has 1 rings (SSSR count). The quantitative estimate of drug-likeness (QED) is 0.724. The lowest BCUT2D eigenvalue weighted by atomic mass is 9.95. The minimum atomic E-state index is -0.0534. The molecule has 0 aliphatic rings. The maximum Gasteiger partial charge on any atom is 0.0534 e. The molecule has 80 valence electrons. The predicted molar refractivity (Wildman–Crippen MR) is 55.8 cm³/mol. The van der Waals surface area contributed by atoms with Gasteiger partial charge in [0.1, 0.15) is 0 Å². The third-order valence-electron chi connectivity index (χ3n) is 2.12. The van der Waals surface area contributed by atoms with Crippen LogP contribution in [0.2, 0.25) is 0 Å². The molecule has 1 aromatic rings. The van der Waals surface area contributed by atoms with Gasteiger partial charge in [0, 0.05) is 43.9 Å². The lowest BCUT2D eigenvalue weighted by molar-refractivity contribution is 0.156. The Balaban J connectivity index is 2.28. The van der Waals surface area contributed by atoms with Crippen LogP contribution in [0.5, 0.6) is 0 Å². The standard InChI is InChI=1S/C10H19N3O/c1-10(2,8-14)7-11-4-9-5-12-13(3)6-9/h5-6,11,14H,4,7-8H2,1-3H3. The number of aromatic nitrogens is 2. The van der Waals surface area contributed by atoms with Crippen molar-refractivity contribution in [3.8, 4) is 0 Å². The summed E-state index contributed by atoms with van der Waals surface area (Å²) in [7, 11) is 1.90.